The number of benzene rings is 1. The maximum atomic E-state index is 13.2. The van der Waals surface area contributed by atoms with E-state index >= 15 is 0 Å². The Hall–Kier alpha value is -4.11. The lowest BCUT2D eigenvalue weighted by molar-refractivity contribution is -0.141. The summed E-state index contributed by atoms with van der Waals surface area (Å²) in [6.45, 7) is 0. The number of nitrogens with two attached hydrogens (primary N) is 1. The number of imidazole rings is 1. The first-order chi connectivity index (χ1) is 17.5. The first kappa shape index (κ1) is 29.1. The molecule has 1 heterocycles. The zero-order chi connectivity index (χ0) is 27.5. The molecule has 0 bridgehead atoms. The fourth-order valence-electron chi connectivity index (χ4n) is 3.19. The second kappa shape index (κ2) is 13.8. The van der Waals surface area contributed by atoms with Crippen molar-refractivity contribution in [3.05, 3.63) is 48.0 Å². The van der Waals surface area contributed by atoms with Crippen LogP contribution in [0.4, 0.5) is 0 Å². The van der Waals surface area contributed by atoms with Crippen LogP contribution in [-0.4, -0.2) is 84.9 Å². The van der Waals surface area contributed by atoms with Gasteiger partial charge in [-0.05, 0) is 17.7 Å². The lowest BCUT2D eigenvalue weighted by atomic mass is 10.0. The number of carbonyl (C=O) groups excluding carboxylic acids is 3. The first-order valence-corrected chi connectivity index (χ1v) is 11.6. The van der Waals surface area contributed by atoms with Gasteiger partial charge in [-0.25, -0.2) is 9.78 Å². The molecule has 1 aromatic carbocycles. The number of phenols is 1. The fourth-order valence-corrected chi connectivity index (χ4v) is 3.44. The van der Waals surface area contributed by atoms with Crippen LogP contribution in [0.15, 0.2) is 36.8 Å². The average Bonchev–Trinajstić information content (AvgIpc) is 3.35. The Morgan fingerprint density at radius 3 is 2.00 bits per heavy atom. The van der Waals surface area contributed by atoms with Gasteiger partial charge in [-0.2, -0.15) is 12.6 Å². The standard InChI is InChI=1S/C22H28N6O8S/c23-14(7-18(30)31)19(32)26-16(6-12-8-24-10-25-12)21(34)27-15(5-11-1-3-13(29)4-2-11)20(33)28-17(9-37)22(35)36/h1-4,8,10,14-17,29,37H,5-7,9,23H2,(H,24,25)(H,26,32)(H,27,34)(H,28,33)(H,30,31)(H,35,36). The highest BCUT2D eigenvalue weighted by Crippen LogP contribution is 2.12. The maximum absolute atomic E-state index is 13.2. The zero-order valence-corrected chi connectivity index (χ0v) is 20.4. The molecule has 4 atom stereocenters. The number of H-pyrrole nitrogens is 1. The number of carboxylic acid groups (broad SMARTS) is 2. The van der Waals surface area contributed by atoms with Crippen molar-refractivity contribution in [2.24, 2.45) is 5.73 Å². The molecular formula is C22H28N6O8S. The van der Waals surface area contributed by atoms with Gasteiger partial charge >= 0.3 is 11.9 Å². The molecule has 0 radical (unpaired) electrons. The molecule has 0 saturated carbocycles. The van der Waals surface area contributed by atoms with Gasteiger partial charge < -0.3 is 42.0 Å². The Balaban J connectivity index is 2.27. The number of hydrogen-bond acceptors (Lipinski definition) is 9. The van der Waals surface area contributed by atoms with Crippen LogP contribution < -0.4 is 21.7 Å². The molecule has 14 nitrogen and oxygen atoms in total. The average molecular weight is 537 g/mol. The van der Waals surface area contributed by atoms with Gasteiger partial charge in [-0.15, -0.1) is 0 Å². The Kier molecular flexibility index (Phi) is 10.9. The quantitative estimate of drug-likeness (QED) is 0.122. The number of amides is 3. The second-order valence-electron chi connectivity index (χ2n) is 8.06. The molecule has 37 heavy (non-hydrogen) atoms. The Morgan fingerprint density at radius 2 is 1.49 bits per heavy atom. The molecule has 0 aliphatic rings. The smallest absolute Gasteiger partial charge is 0.327 e. The summed E-state index contributed by atoms with van der Waals surface area (Å²) in [5.74, 6) is -5.40. The van der Waals surface area contributed by atoms with Crippen molar-refractivity contribution in [3.8, 4) is 5.75 Å². The van der Waals surface area contributed by atoms with Crippen LogP contribution in [0.2, 0.25) is 0 Å². The SMILES string of the molecule is NC(CC(=O)O)C(=O)NC(Cc1cnc[nH]1)C(=O)NC(Cc1ccc(O)cc1)C(=O)NC(CS)C(=O)O. The number of thiol groups is 1. The van der Waals surface area contributed by atoms with Crippen molar-refractivity contribution in [3.63, 3.8) is 0 Å². The molecule has 0 spiro atoms. The predicted molar refractivity (Wildman–Crippen MR) is 132 cm³/mol. The van der Waals surface area contributed by atoms with Gasteiger partial charge in [0.25, 0.3) is 0 Å². The number of hydrogen-bond donors (Lipinski definition) is 9. The molecule has 9 N–H and O–H groups in total. The second-order valence-corrected chi connectivity index (χ2v) is 8.43. The topological polar surface area (TPSA) is 237 Å². The largest absolute Gasteiger partial charge is 0.508 e. The van der Waals surface area contributed by atoms with E-state index in [4.69, 9.17) is 10.8 Å². The van der Waals surface area contributed by atoms with E-state index in [1.165, 1.54) is 36.8 Å². The van der Waals surface area contributed by atoms with Gasteiger partial charge in [-0.3, -0.25) is 19.2 Å². The summed E-state index contributed by atoms with van der Waals surface area (Å²) in [4.78, 5) is 67.5. The molecule has 1 aromatic heterocycles. The van der Waals surface area contributed by atoms with E-state index < -0.39 is 60.2 Å². The van der Waals surface area contributed by atoms with Crippen LogP contribution >= 0.6 is 12.6 Å². The lowest BCUT2D eigenvalue weighted by Gasteiger charge is -2.25. The van der Waals surface area contributed by atoms with Gasteiger partial charge in [0, 0.05) is 30.5 Å². The molecule has 2 rings (SSSR count). The monoisotopic (exact) mass is 536 g/mol. The van der Waals surface area contributed by atoms with Crippen molar-refractivity contribution in [2.45, 2.75) is 43.4 Å². The minimum absolute atomic E-state index is 0.0187. The van der Waals surface area contributed by atoms with Crippen molar-refractivity contribution >= 4 is 42.3 Å². The Labute approximate surface area is 216 Å². The summed E-state index contributed by atoms with van der Waals surface area (Å²) in [7, 11) is 0. The molecule has 0 aliphatic carbocycles. The van der Waals surface area contributed by atoms with Gasteiger partial charge in [0.15, 0.2) is 0 Å². The molecule has 0 aliphatic heterocycles. The first-order valence-electron chi connectivity index (χ1n) is 11.0. The van der Waals surface area contributed by atoms with E-state index in [-0.39, 0.29) is 24.3 Å². The van der Waals surface area contributed by atoms with E-state index in [0.29, 0.717) is 11.3 Å². The summed E-state index contributed by atoms with van der Waals surface area (Å²) < 4.78 is 0. The summed E-state index contributed by atoms with van der Waals surface area (Å²) >= 11 is 3.92. The number of carbonyl (C=O) groups is 5. The third kappa shape index (κ3) is 9.46. The fraction of sp³-hybridized carbons (Fsp3) is 0.364. The molecule has 200 valence electrons. The normalized spacial score (nSPS) is 14.0. The highest BCUT2D eigenvalue weighted by Gasteiger charge is 2.31. The number of nitrogens with zero attached hydrogens (tertiary/aromatic N) is 1. The van der Waals surface area contributed by atoms with E-state index in [9.17, 15) is 34.2 Å². The Morgan fingerprint density at radius 1 is 0.919 bits per heavy atom. The maximum Gasteiger partial charge on any atom is 0.327 e. The van der Waals surface area contributed by atoms with Crippen LogP contribution in [-0.2, 0) is 36.8 Å². The van der Waals surface area contributed by atoms with Gasteiger partial charge in [-0.1, -0.05) is 12.1 Å². The molecular weight excluding hydrogens is 508 g/mol. The summed E-state index contributed by atoms with van der Waals surface area (Å²) in [5, 5.41) is 34.9. The third-order valence-corrected chi connectivity index (χ3v) is 5.51. The number of aromatic nitrogens is 2. The summed E-state index contributed by atoms with van der Waals surface area (Å²) in [6, 6.07) is 0.460. The number of aliphatic carboxylic acids is 2. The van der Waals surface area contributed by atoms with E-state index in [2.05, 4.69) is 38.5 Å². The minimum Gasteiger partial charge on any atom is -0.508 e. The molecule has 2 aromatic rings. The highest BCUT2D eigenvalue weighted by atomic mass is 32.1. The summed E-state index contributed by atoms with van der Waals surface area (Å²) in [6.07, 6.45) is 1.91. The van der Waals surface area contributed by atoms with Crippen molar-refractivity contribution in [1.29, 1.82) is 0 Å². The highest BCUT2D eigenvalue weighted by molar-refractivity contribution is 7.80. The van der Waals surface area contributed by atoms with Gasteiger partial charge in [0.1, 0.15) is 23.9 Å². The number of aromatic hydroxyl groups is 1. The third-order valence-electron chi connectivity index (χ3n) is 5.15. The van der Waals surface area contributed by atoms with Crippen LogP contribution in [0.3, 0.4) is 0 Å². The van der Waals surface area contributed by atoms with E-state index in [1.54, 1.807) is 0 Å². The molecule has 0 saturated heterocycles. The predicted octanol–water partition coefficient (Wildman–Crippen LogP) is -1.83. The number of rotatable bonds is 14. The van der Waals surface area contributed by atoms with E-state index in [1.807, 2.05) is 0 Å². The van der Waals surface area contributed by atoms with Crippen LogP contribution in [0.25, 0.3) is 0 Å². The van der Waals surface area contributed by atoms with Crippen molar-refractivity contribution < 1.29 is 39.3 Å². The van der Waals surface area contributed by atoms with E-state index in [0.717, 1.165) is 0 Å². The molecule has 3 amide bonds. The van der Waals surface area contributed by atoms with Crippen molar-refractivity contribution in [1.82, 2.24) is 25.9 Å². The zero-order valence-electron chi connectivity index (χ0n) is 19.5. The van der Waals surface area contributed by atoms with Crippen LogP contribution in [0.5, 0.6) is 5.75 Å². The number of phenolic OH excluding ortho intramolecular Hbond substituents is 1. The number of nitrogens with one attached hydrogen (secondary N) is 4. The number of aromatic amines is 1. The molecule has 15 heteroatoms. The van der Waals surface area contributed by atoms with Gasteiger partial charge in [0.2, 0.25) is 17.7 Å². The van der Waals surface area contributed by atoms with Gasteiger partial charge in [0.05, 0.1) is 18.8 Å². The number of carboxylic acids is 2. The molecule has 4 unspecified atom stereocenters. The minimum atomic E-state index is -1.43. The Bertz CT molecular complexity index is 1100. The summed E-state index contributed by atoms with van der Waals surface area (Å²) in [5.41, 5.74) is 6.60. The van der Waals surface area contributed by atoms with Crippen LogP contribution in [0.1, 0.15) is 17.7 Å². The van der Waals surface area contributed by atoms with Crippen molar-refractivity contribution in [2.75, 3.05) is 5.75 Å². The lowest BCUT2D eigenvalue weighted by Crippen LogP contribution is -2.58. The van der Waals surface area contributed by atoms with Crippen LogP contribution in [0, 0.1) is 0 Å². The molecule has 0 fully saturated rings.